The number of aromatic nitrogens is 1. The van der Waals surface area contributed by atoms with Crippen LogP contribution >= 0.6 is 0 Å². The Morgan fingerprint density at radius 2 is 2.05 bits per heavy atom. The fourth-order valence-electron chi connectivity index (χ4n) is 1.48. The van der Waals surface area contributed by atoms with E-state index < -0.39 is 18.0 Å². The second-order valence-electron chi connectivity index (χ2n) is 4.06. The maximum atomic E-state index is 11.8. The first kappa shape index (κ1) is 14.9. The molecule has 0 aliphatic carbocycles. The zero-order valence-corrected chi connectivity index (χ0v) is 10.6. The highest BCUT2D eigenvalue weighted by molar-refractivity contribution is 5.82. The zero-order chi connectivity index (χ0) is 14.3. The van der Waals surface area contributed by atoms with E-state index in [0.717, 1.165) is 5.56 Å². The number of aliphatic hydroxyl groups is 1. The fraction of sp³-hybridized carbons (Fsp3) is 0.417. The van der Waals surface area contributed by atoms with Gasteiger partial charge in [0, 0.05) is 39.0 Å². The van der Waals surface area contributed by atoms with Gasteiger partial charge in [0.15, 0.2) is 0 Å². The molecular formula is C12H17N3O4. The van der Waals surface area contributed by atoms with Gasteiger partial charge in [-0.05, 0) is 17.7 Å². The number of carboxylic acids is 1. The van der Waals surface area contributed by atoms with Crippen molar-refractivity contribution >= 4 is 12.0 Å². The van der Waals surface area contributed by atoms with E-state index >= 15 is 0 Å². The van der Waals surface area contributed by atoms with Crippen molar-refractivity contribution in [2.45, 2.75) is 19.0 Å². The molecule has 1 rings (SSSR count). The molecule has 7 heteroatoms. The molecule has 19 heavy (non-hydrogen) atoms. The van der Waals surface area contributed by atoms with Crippen LogP contribution in [0.3, 0.4) is 0 Å². The average molecular weight is 267 g/mol. The Bertz CT molecular complexity index is 424. The molecule has 1 atom stereocenters. The van der Waals surface area contributed by atoms with Gasteiger partial charge >= 0.3 is 12.0 Å². The van der Waals surface area contributed by atoms with Crippen molar-refractivity contribution in [3.05, 3.63) is 30.1 Å². The van der Waals surface area contributed by atoms with Gasteiger partial charge in [-0.3, -0.25) is 4.98 Å². The number of carbonyl (C=O) groups is 2. The van der Waals surface area contributed by atoms with Crippen molar-refractivity contribution in [2.24, 2.45) is 0 Å². The number of carbonyl (C=O) groups excluding carboxylic acids is 1. The molecular weight excluding hydrogens is 250 g/mol. The monoisotopic (exact) mass is 267 g/mol. The van der Waals surface area contributed by atoms with Crippen LogP contribution in [0.4, 0.5) is 4.79 Å². The highest BCUT2D eigenvalue weighted by atomic mass is 16.4. The summed E-state index contributed by atoms with van der Waals surface area (Å²) in [5.74, 6) is -1.17. The normalized spacial score (nSPS) is 11.7. The van der Waals surface area contributed by atoms with Crippen molar-refractivity contribution in [1.82, 2.24) is 15.2 Å². The van der Waals surface area contributed by atoms with Gasteiger partial charge in [0.05, 0.1) is 0 Å². The Hall–Kier alpha value is -2.15. The molecule has 3 N–H and O–H groups in total. The molecule has 0 unspecified atom stereocenters. The molecule has 0 aliphatic rings. The SMILES string of the molecule is CN(Cc1ccncc1)C(=O)N[C@@H](CCO)C(=O)O. The minimum absolute atomic E-state index is 0.0236. The van der Waals surface area contributed by atoms with E-state index in [0.29, 0.717) is 6.54 Å². The minimum Gasteiger partial charge on any atom is -0.480 e. The molecule has 0 saturated heterocycles. The van der Waals surface area contributed by atoms with Crippen molar-refractivity contribution in [1.29, 1.82) is 0 Å². The molecule has 1 aromatic heterocycles. The first-order valence-electron chi connectivity index (χ1n) is 5.78. The Morgan fingerprint density at radius 3 is 2.58 bits per heavy atom. The maximum absolute atomic E-state index is 11.8. The Kier molecular flexibility index (Phi) is 5.74. The van der Waals surface area contributed by atoms with Crippen LogP contribution in [0.25, 0.3) is 0 Å². The van der Waals surface area contributed by atoms with Crippen LogP contribution in [0.2, 0.25) is 0 Å². The third-order valence-electron chi connectivity index (χ3n) is 2.53. The van der Waals surface area contributed by atoms with E-state index in [4.69, 9.17) is 10.2 Å². The van der Waals surface area contributed by atoms with Crippen LogP contribution in [-0.2, 0) is 11.3 Å². The van der Waals surface area contributed by atoms with Gasteiger partial charge in [0.2, 0.25) is 0 Å². The van der Waals surface area contributed by atoms with E-state index in [9.17, 15) is 9.59 Å². The van der Waals surface area contributed by atoms with Crippen LogP contribution in [0.5, 0.6) is 0 Å². The lowest BCUT2D eigenvalue weighted by atomic mass is 10.2. The Morgan fingerprint density at radius 1 is 1.42 bits per heavy atom. The Labute approximate surface area is 110 Å². The summed E-state index contributed by atoms with van der Waals surface area (Å²) in [6.07, 6.45) is 3.21. The number of urea groups is 1. The summed E-state index contributed by atoms with van der Waals surface area (Å²) >= 11 is 0. The second kappa shape index (κ2) is 7.32. The highest BCUT2D eigenvalue weighted by Gasteiger charge is 2.21. The van der Waals surface area contributed by atoms with Gasteiger partial charge in [0.1, 0.15) is 6.04 Å². The van der Waals surface area contributed by atoms with Crippen molar-refractivity contribution < 1.29 is 19.8 Å². The third kappa shape index (κ3) is 4.92. The summed E-state index contributed by atoms with van der Waals surface area (Å²) in [7, 11) is 1.56. The summed E-state index contributed by atoms with van der Waals surface area (Å²) in [4.78, 5) is 27.9. The minimum atomic E-state index is -1.17. The molecule has 104 valence electrons. The van der Waals surface area contributed by atoms with Gasteiger partial charge in [-0.1, -0.05) is 0 Å². The molecule has 7 nitrogen and oxygen atoms in total. The number of carboxylic acid groups (broad SMARTS) is 1. The molecule has 0 saturated carbocycles. The van der Waals surface area contributed by atoms with E-state index in [-0.39, 0.29) is 13.0 Å². The molecule has 0 fully saturated rings. The van der Waals surface area contributed by atoms with Crippen LogP contribution in [0, 0.1) is 0 Å². The number of pyridine rings is 1. The quantitative estimate of drug-likeness (QED) is 0.676. The predicted molar refractivity (Wildman–Crippen MR) is 67.4 cm³/mol. The maximum Gasteiger partial charge on any atom is 0.326 e. The summed E-state index contributed by atoms with van der Waals surface area (Å²) < 4.78 is 0. The van der Waals surface area contributed by atoms with E-state index in [1.807, 2.05) is 0 Å². The molecule has 0 aliphatic heterocycles. The number of aliphatic carboxylic acids is 1. The lowest BCUT2D eigenvalue weighted by Gasteiger charge is -2.21. The van der Waals surface area contributed by atoms with Crippen LogP contribution < -0.4 is 5.32 Å². The van der Waals surface area contributed by atoms with Crippen LogP contribution in [0.15, 0.2) is 24.5 Å². The number of rotatable bonds is 6. The standard InChI is InChI=1S/C12H17N3O4/c1-15(8-9-2-5-13-6-3-9)12(19)14-10(4-7-16)11(17)18/h2-3,5-6,10,16H,4,7-8H2,1H3,(H,14,19)(H,17,18)/t10-/m0/s1. The van der Waals surface area contributed by atoms with Gasteiger partial charge < -0.3 is 20.4 Å². The lowest BCUT2D eigenvalue weighted by molar-refractivity contribution is -0.139. The molecule has 0 spiro atoms. The smallest absolute Gasteiger partial charge is 0.326 e. The topological polar surface area (TPSA) is 103 Å². The number of amides is 2. The first-order chi connectivity index (χ1) is 9.04. The predicted octanol–water partition coefficient (Wildman–Crippen LogP) is 0.0586. The molecule has 2 amide bonds. The number of aliphatic hydroxyl groups excluding tert-OH is 1. The average Bonchev–Trinajstić information content (AvgIpc) is 2.39. The highest BCUT2D eigenvalue weighted by Crippen LogP contribution is 2.02. The van der Waals surface area contributed by atoms with Crippen LogP contribution in [-0.4, -0.2) is 51.8 Å². The zero-order valence-electron chi connectivity index (χ0n) is 10.6. The molecule has 0 radical (unpaired) electrons. The lowest BCUT2D eigenvalue weighted by Crippen LogP contribution is -2.46. The number of nitrogens with zero attached hydrogens (tertiary/aromatic N) is 2. The first-order valence-corrected chi connectivity index (χ1v) is 5.78. The van der Waals surface area contributed by atoms with E-state index in [1.165, 1.54) is 4.90 Å². The van der Waals surface area contributed by atoms with Crippen molar-refractivity contribution in [3.63, 3.8) is 0 Å². The molecule has 0 bridgehead atoms. The fourth-order valence-corrected chi connectivity index (χ4v) is 1.48. The summed E-state index contributed by atoms with van der Waals surface area (Å²) in [6, 6.07) is 1.95. The van der Waals surface area contributed by atoms with Gasteiger partial charge in [-0.15, -0.1) is 0 Å². The molecule has 0 aromatic carbocycles. The van der Waals surface area contributed by atoms with Crippen molar-refractivity contribution in [3.8, 4) is 0 Å². The van der Waals surface area contributed by atoms with E-state index in [1.54, 1.807) is 31.6 Å². The largest absolute Gasteiger partial charge is 0.480 e. The van der Waals surface area contributed by atoms with Gasteiger partial charge in [-0.25, -0.2) is 9.59 Å². The third-order valence-corrected chi connectivity index (χ3v) is 2.53. The van der Waals surface area contributed by atoms with E-state index in [2.05, 4.69) is 10.3 Å². The Balaban J connectivity index is 2.54. The molecule has 1 aromatic rings. The van der Waals surface area contributed by atoms with Crippen molar-refractivity contribution in [2.75, 3.05) is 13.7 Å². The van der Waals surface area contributed by atoms with Crippen LogP contribution in [0.1, 0.15) is 12.0 Å². The number of nitrogens with one attached hydrogen (secondary N) is 1. The van der Waals surface area contributed by atoms with Gasteiger partial charge in [0.25, 0.3) is 0 Å². The second-order valence-corrected chi connectivity index (χ2v) is 4.06. The molecule has 1 heterocycles. The summed E-state index contributed by atoms with van der Waals surface area (Å²) in [6.45, 7) is 0.0468. The summed E-state index contributed by atoms with van der Waals surface area (Å²) in [5.41, 5.74) is 0.890. The number of hydrogen-bond donors (Lipinski definition) is 3. The summed E-state index contributed by atoms with van der Waals surface area (Å²) in [5, 5.41) is 20.0. The number of hydrogen-bond acceptors (Lipinski definition) is 4. The van der Waals surface area contributed by atoms with Gasteiger partial charge in [-0.2, -0.15) is 0 Å².